The average Bonchev–Trinajstić information content (AvgIpc) is 3.08. The molecule has 2 aliphatic carbocycles. The second-order valence-corrected chi connectivity index (χ2v) is 8.61. The third-order valence-corrected chi connectivity index (χ3v) is 6.24. The van der Waals surface area contributed by atoms with E-state index in [0.29, 0.717) is 12.3 Å². The number of rotatable bonds is 4. The molecule has 27 heavy (non-hydrogen) atoms. The molecular formula is C22H22ClNO2S. The molecule has 0 fully saturated rings. The van der Waals surface area contributed by atoms with Crippen molar-refractivity contribution in [2.75, 3.05) is 0 Å². The van der Waals surface area contributed by atoms with E-state index < -0.39 is 0 Å². The van der Waals surface area contributed by atoms with Gasteiger partial charge in [-0.25, -0.2) is 4.98 Å². The number of hydrogen-bond acceptors (Lipinski definition) is 4. The van der Waals surface area contributed by atoms with E-state index in [2.05, 4.69) is 43.3 Å². The predicted molar refractivity (Wildman–Crippen MR) is 112 cm³/mol. The summed E-state index contributed by atoms with van der Waals surface area (Å²) in [7, 11) is 0. The topological polar surface area (TPSA) is 46.3 Å². The maximum Gasteiger partial charge on any atom is 0.223 e. The van der Waals surface area contributed by atoms with Crippen molar-refractivity contribution in [3.05, 3.63) is 63.9 Å². The van der Waals surface area contributed by atoms with Crippen LogP contribution in [0.2, 0.25) is 0 Å². The summed E-state index contributed by atoms with van der Waals surface area (Å²) in [5.41, 5.74) is 4.24. The van der Waals surface area contributed by atoms with Crippen LogP contribution < -0.4 is 0 Å². The number of aliphatic hydroxyl groups is 1. The van der Waals surface area contributed by atoms with Crippen molar-refractivity contribution in [1.29, 1.82) is 0 Å². The molecule has 1 atom stereocenters. The number of hydrogen-bond donors (Lipinski definition) is 1. The molecule has 2 aromatic rings. The summed E-state index contributed by atoms with van der Waals surface area (Å²) < 4.78 is 6.21. The van der Waals surface area contributed by atoms with Crippen LogP contribution in [0.4, 0.5) is 0 Å². The standard InChI is InChI=1S/C22H22ClNO2S/c1-14-2-4-15(5-3-14)20-22(27-19-12-8-17(23)9-13-19)26-21(24-20)16-6-10-18(25)11-7-16/h2-6,8,12,18,25H,7,9-11,13H2,1H3. The number of aryl methyl sites for hydroxylation is 1. The molecule has 3 nitrogen and oxygen atoms in total. The van der Waals surface area contributed by atoms with Crippen LogP contribution in [0.5, 0.6) is 0 Å². The normalized spacial score (nSPS) is 20.1. The van der Waals surface area contributed by atoms with Gasteiger partial charge in [0.1, 0.15) is 5.69 Å². The van der Waals surface area contributed by atoms with Crippen LogP contribution in [0.3, 0.4) is 0 Å². The molecule has 4 rings (SSSR count). The first-order valence-electron chi connectivity index (χ1n) is 9.27. The minimum Gasteiger partial charge on any atom is -0.429 e. The third-order valence-electron chi connectivity index (χ3n) is 4.86. The predicted octanol–water partition coefficient (Wildman–Crippen LogP) is 6.47. The van der Waals surface area contributed by atoms with E-state index in [0.717, 1.165) is 52.6 Å². The van der Waals surface area contributed by atoms with Gasteiger partial charge in [-0.15, -0.1) is 0 Å². The molecule has 0 spiro atoms. The van der Waals surface area contributed by atoms with Gasteiger partial charge in [0.05, 0.1) is 6.10 Å². The Morgan fingerprint density at radius 2 is 1.96 bits per heavy atom. The Morgan fingerprint density at radius 1 is 1.15 bits per heavy atom. The van der Waals surface area contributed by atoms with Gasteiger partial charge in [0.25, 0.3) is 0 Å². The van der Waals surface area contributed by atoms with Crippen molar-refractivity contribution in [3.8, 4) is 11.3 Å². The summed E-state index contributed by atoms with van der Waals surface area (Å²) in [6.07, 6.45) is 9.81. The number of oxazole rings is 1. The molecule has 0 bridgehead atoms. The molecule has 1 aromatic carbocycles. The van der Waals surface area contributed by atoms with Crippen molar-refractivity contribution < 1.29 is 9.52 Å². The Morgan fingerprint density at radius 3 is 2.63 bits per heavy atom. The van der Waals surface area contributed by atoms with E-state index >= 15 is 0 Å². The highest BCUT2D eigenvalue weighted by Crippen LogP contribution is 2.41. The fourth-order valence-electron chi connectivity index (χ4n) is 3.22. The van der Waals surface area contributed by atoms with Gasteiger partial charge in [0.15, 0.2) is 5.09 Å². The first kappa shape index (κ1) is 18.6. The minimum atomic E-state index is -0.252. The van der Waals surface area contributed by atoms with Crippen LogP contribution in [-0.2, 0) is 0 Å². The number of allylic oxidation sites excluding steroid dienone is 5. The molecule has 1 unspecified atom stereocenters. The Bertz CT molecular complexity index is 924. The van der Waals surface area contributed by atoms with Crippen LogP contribution in [0.25, 0.3) is 16.8 Å². The van der Waals surface area contributed by atoms with Crippen LogP contribution in [0.15, 0.2) is 61.9 Å². The summed E-state index contributed by atoms with van der Waals surface area (Å²) >= 11 is 7.72. The monoisotopic (exact) mass is 399 g/mol. The Labute approximate surface area is 168 Å². The van der Waals surface area contributed by atoms with Gasteiger partial charge in [-0.05, 0) is 50.0 Å². The Hall–Kier alpha value is -1.75. The minimum absolute atomic E-state index is 0.252. The third kappa shape index (κ3) is 4.40. The quantitative estimate of drug-likeness (QED) is 0.639. The molecule has 2 aliphatic rings. The van der Waals surface area contributed by atoms with Crippen LogP contribution in [0.1, 0.15) is 43.6 Å². The van der Waals surface area contributed by atoms with Crippen molar-refractivity contribution in [2.45, 2.75) is 50.2 Å². The van der Waals surface area contributed by atoms with Gasteiger partial charge in [-0.1, -0.05) is 65.3 Å². The number of benzene rings is 1. The van der Waals surface area contributed by atoms with E-state index in [1.54, 1.807) is 11.8 Å². The van der Waals surface area contributed by atoms with E-state index in [-0.39, 0.29) is 6.10 Å². The average molecular weight is 400 g/mol. The fraction of sp³-hybridized carbons (Fsp3) is 0.318. The van der Waals surface area contributed by atoms with Gasteiger partial charge in [-0.2, -0.15) is 0 Å². The highest BCUT2D eigenvalue weighted by molar-refractivity contribution is 8.03. The molecule has 1 N–H and O–H groups in total. The zero-order valence-corrected chi connectivity index (χ0v) is 16.8. The van der Waals surface area contributed by atoms with E-state index in [9.17, 15) is 5.11 Å². The van der Waals surface area contributed by atoms with E-state index in [1.165, 1.54) is 10.5 Å². The van der Waals surface area contributed by atoms with Gasteiger partial charge in [0.2, 0.25) is 5.89 Å². The van der Waals surface area contributed by atoms with Gasteiger partial charge >= 0.3 is 0 Å². The molecule has 0 saturated carbocycles. The molecule has 0 amide bonds. The van der Waals surface area contributed by atoms with Crippen molar-refractivity contribution in [1.82, 2.24) is 4.98 Å². The first-order valence-corrected chi connectivity index (χ1v) is 10.5. The lowest BCUT2D eigenvalue weighted by Gasteiger charge is -2.14. The lowest BCUT2D eigenvalue weighted by Crippen LogP contribution is -2.09. The van der Waals surface area contributed by atoms with Gasteiger partial charge in [0, 0.05) is 16.2 Å². The maximum absolute atomic E-state index is 9.75. The second-order valence-electron chi connectivity index (χ2n) is 7.03. The molecule has 140 valence electrons. The van der Waals surface area contributed by atoms with Crippen molar-refractivity contribution in [2.24, 2.45) is 0 Å². The maximum atomic E-state index is 9.75. The molecule has 5 heteroatoms. The molecule has 0 aliphatic heterocycles. The first-order chi connectivity index (χ1) is 13.1. The van der Waals surface area contributed by atoms with Crippen LogP contribution in [0, 0.1) is 6.92 Å². The zero-order chi connectivity index (χ0) is 18.8. The lowest BCUT2D eigenvalue weighted by atomic mass is 9.97. The lowest BCUT2D eigenvalue weighted by molar-refractivity contribution is 0.165. The number of nitrogens with zero attached hydrogens (tertiary/aromatic N) is 1. The van der Waals surface area contributed by atoms with Crippen LogP contribution in [-0.4, -0.2) is 16.2 Å². The van der Waals surface area contributed by atoms with Crippen molar-refractivity contribution in [3.63, 3.8) is 0 Å². The largest absolute Gasteiger partial charge is 0.429 e. The smallest absolute Gasteiger partial charge is 0.223 e. The van der Waals surface area contributed by atoms with E-state index in [1.807, 2.05) is 6.08 Å². The van der Waals surface area contributed by atoms with Gasteiger partial charge < -0.3 is 9.52 Å². The van der Waals surface area contributed by atoms with Crippen LogP contribution >= 0.6 is 23.4 Å². The molecule has 1 heterocycles. The summed E-state index contributed by atoms with van der Waals surface area (Å²) in [6, 6.07) is 8.37. The highest BCUT2D eigenvalue weighted by atomic mass is 35.5. The molecule has 0 saturated heterocycles. The number of thioether (sulfide) groups is 1. The number of aromatic nitrogens is 1. The number of aliphatic hydroxyl groups excluding tert-OH is 1. The number of halogens is 1. The Balaban J connectivity index is 1.70. The summed E-state index contributed by atoms with van der Waals surface area (Å²) in [5, 5.41) is 11.5. The molecule has 0 radical (unpaired) electrons. The summed E-state index contributed by atoms with van der Waals surface area (Å²) in [6.45, 7) is 2.08. The highest BCUT2D eigenvalue weighted by Gasteiger charge is 2.22. The summed E-state index contributed by atoms with van der Waals surface area (Å²) in [4.78, 5) is 6.06. The fourth-order valence-corrected chi connectivity index (χ4v) is 4.33. The zero-order valence-electron chi connectivity index (χ0n) is 15.2. The molecule has 1 aromatic heterocycles. The van der Waals surface area contributed by atoms with Gasteiger partial charge in [-0.3, -0.25) is 0 Å². The van der Waals surface area contributed by atoms with E-state index in [4.69, 9.17) is 21.0 Å². The SMILES string of the molecule is Cc1ccc(-c2nc(C3=CCC(O)CC3)oc2SC2=CC=C(Cl)CC2)cc1. The summed E-state index contributed by atoms with van der Waals surface area (Å²) in [5.74, 6) is 0.671. The molecular weight excluding hydrogens is 378 g/mol. The van der Waals surface area contributed by atoms with Crippen molar-refractivity contribution >= 4 is 28.9 Å². The second kappa shape index (κ2) is 8.09. The Kier molecular flexibility index (Phi) is 5.58.